The van der Waals surface area contributed by atoms with E-state index in [1.165, 1.54) is 0 Å². The molecule has 1 atom stereocenters. The van der Waals surface area contributed by atoms with Crippen LogP contribution in [0.2, 0.25) is 5.02 Å². The van der Waals surface area contributed by atoms with Crippen molar-refractivity contribution in [1.82, 2.24) is 34.7 Å². The summed E-state index contributed by atoms with van der Waals surface area (Å²) in [6.45, 7) is 3.84. The lowest BCUT2D eigenvalue weighted by Gasteiger charge is -2.17. The summed E-state index contributed by atoms with van der Waals surface area (Å²) in [6.07, 6.45) is 4.60. The summed E-state index contributed by atoms with van der Waals surface area (Å²) in [5.74, 6) is 1.68. The van der Waals surface area contributed by atoms with Crippen molar-refractivity contribution in [3.05, 3.63) is 70.5 Å². The van der Waals surface area contributed by atoms with Crippen molar-refractivity contribution in [2.75, 3.05) is 12.0 Å². The van der Waals surface area contributed by atoms with Gasteiger partial charge in [0.1, 0.15) is 5.69 Å². The number of halogens is 1. The molecular formula is C21H22ClN7OS. The molecule has 1 N–H and O–H groups in total. The van der Waals surface area contributed by atoms with Crippen LogP contribution in [-0.2, 0) is 0 Å². The van der Waals surface area contributed by atoms with Gasteiger partial charge in [-0.25, -0.2) is 9.67 Å². The van der Waals surface area contributed by atoms with Gasteiger partial charge in [0.15, 0.2) is 17.3 Å². The number of thioether (sulfide) groups is 1. The highest BCUT2D eigenvalue weighted by atomic mass is 35.5. The molecular weight excluding hydrogens is 434 g/mol. The van der Waals surface area contributed by atoms with Crippen LogP contribution in [0.15, 0.2) is 42.6 Å². The molecule has 1 unspecified atom stereocenters. The number of carbonyl (C=O) groups excluding carboxylic acids is 1. The van der Waals surface area contributed by atoms with Gasteiger partial charge in [0, 0.05) is 11.9 Å². The van der Waals surface area contributed by atoms with Crippen LogP contribution in [-0.4, -0.2) is 47.3 Å². The normalized spacial score (nSPS) is 12.3. The second-order valence-corrected chi connectivity index (χ2v) is 8.53. The Morgan fingerprint density at radius 3 is 2.81 bits per heavy atom. The molecule has 160 valence electrons. The van der Waals surface area contributed by atoms with Crippen molar-refractivity contribution in [2.45, 2.75) is 26.3 Å². The fourth-order valence-corrected chi connectivity index (χ4v) is 4.06. The fraction of sp³-hybridized carbons (Fsp3) is 0.286. The summed E-state index contributed by atoms with van der Waals surface area (Å²) in [5, 5.41) is 16.3. The number of hydrogen-bond acceptors (Lipinski definition) is 6. The molecule has 0 aliphatic carbocycles. The number of rotatable bonds is 7. The number of fused-ring (bicyclic) bond motifs is 1. The molecule has 8 nitrogen and oxygen atoms in total. The van der Waals surface area contributed by atoms with Crippen LogP contribution in [0.3, 0.4) is 0 Å². The van der Waals surface area contributed by atoms with Gasteiger partial charge in [-0.3, -0.25) is 9.20 Å². The van der Waals surface area contributed by atoms with E-state index in [0.717, 1.165) is 22.8 Å². The first-order valence-electron chi connectivity index (χ1n) is 9.77. The second-order valence-electron chi connectivity index (χ2n) is 7.13. The molecule has 4 heterocycles. The summed E-state index contributed by atoms with van der Waals surface area (Å²) >= 11 is 8.04. The number of aromatic nitrogens is 6. The van der Waals surface area contributed by atoms with E-state index >= 15 is 0 Å². The lowest BCUT2D eigenvalue weighted by Crippen LogP contribution is -2.31. The molecule has 31 heavy (non-hydrogen) atoms. The monoisotopic (exact) mass is 455 g/mol. The summed E-state index contributed by atoms with van der Waals surface area (Å²) in [4.78, 5) is 17.7. The number of pyridine rings is 2. The number of amides is 1. The fourth-order valence-electron chi connectivity index (χ4n) is 3.40. The molecule has 1 amide bonds. The van der Waals surface area contributed by atoms with E-state index in [0.29, 0.717) is 18.1 Å². The number of nitrogens with one attached hydrogen (secondary N) is 1. The maximum absolute atomic E-state index is 13.2. The molecule has 4 aromatic heterocycles. The molecule has 10 heteroatoms. The van der Waals surface area contributed by atoms with Crippen molar-refractivity contribution in [1.29, 1.82) is 0 Å². The number of hydrogen-bond donors (Lipinski definition) is 1. The predicted octanol–water partition coefficient (Wildman–Crippen LogP) is 3.80. The van der Waals surface area contributed by atoms with E-state index < -0.39 is 0 Å². The van der Waals surface area contributed by atoms with Crippen LogP contribution in [0, 0.1) is 13.8 Å². The van der Waals surface area contributed by atoms with E-state index in [1.54, 1.807) is 28.6 Å². The lowest BCUT2D eigenvalue weighted by molar-refractivity contribution is 0.0929. The summed E-state index contributed by atoms with van der Waals surface area (Å²) in [6, 6.07) is 10.7. The van der Waals surface area contributed by atoms with E-state index in [1.807, 2.05) is 55.0 Å². The van der Waals surface area contributed by atoms with Crippen LogP contribution in [0.5, 0.6) is 0 Å². The largest absolute Gasteiger partial charge is 0.341 e. The quantitative estimate of drug-likeness (QED) is 0.455. The maximum Gasteiger partial charge on any atom is 0.272 e. The topological polar surface area (TPSA) is 90.0 Å². The molecule has 0 spiro atoms. The van der Waals surface area contributed by atoms with Crippen molar-refractivity contribution in [2.24, 2.45) is 0 Å². The van der Waals surface area contributed by atoms with Crippen LogP contribution < -0.4 is 5.32 Å². The zero-order valence-corrected chi connectivity index (χ0v) is 19.0. The average Bonchev–Trinajstić information content (AvgIpc) is 3.34. The zero-order valence-electron chi connectivity index (χ0n) is 17.4. The third-order valence-electron chi connectivity index (χ3n) is 4.84. The molecule has 0 aliphatic heterocycles. The molecule has 4 aromatic rings. The molecule has 0 bridgehead atoms. The van der Waals surface area contributed by atoms with Crippen LogP contribution in [0.25, 0.3) is 11.5 Å². The second kappa shape index (κ2) is 9.07. The third-order valence-corrected chi connectivity index (χ3v) is 5.79. The van der Waals surface area contributed by atoms with Crippen molar-refractivity contribution in [3.8, 4) is 5.82 Å². The van der Waals surface area contributed by atoms with Gasteiger partial charge < -0.3 is 5.32 Å². The molecule has 0 fully saturated rings. The third kappa shape index (κ3) is 4.42. The molecule has 0 radical (unpaired) electrons. The van der Waals surface area contributed by atoms with Crippen molar-refractivity contribution in [3.63, 3.8) is 0 Å². The molecule has 0 saturated heterocycles. The molecule has 0 aliphatic rings. The van der Waals surface area contributed by atoms with Crippen molar-refractivity contribution >= 4 is 34.9 Å². The summed E-state index contributed by atoms with van der Waals surface area (Å²) in [5.41, 5.74) is 2.67. The molecule has 0 aromatic carbocycles. The Labute approximate surface area is 189 Å². The van der Waals surface area contributed by atoms with Gasteiger partial charge in [-0.2, -0.15) is 16.9 Å². The van der Waals surface area contributed by atoms with Crippen molar-refractivity contribution < 1.29 is 4.79 Å². The maximum atomic E-state index is 13.2. The highest BCUT2D eigenvalue weighted by Gasteiger charge is 2.23. The Morgan fingerprint density at radius 1 is 1.23 bits per heavy atom. The first-order chi connectivity index (χ1) is 15.0. The SMILES string of the molecule is CSCCC(NC(=O)c1nc(-n2nc(C)cc2C)ccc1Cl)c1nnc2ccccn12. The lowest BCUT2D eigenvalue weighted by atomic mass is 10.2. The Morgan fingerprint density at radius 2 is 2.06 bits per heavy atom. The van der Waals surface area contributed by atoms with Gasteiger partial charge in [-0.05, 0) is 62.6 Å². The molecule has 4 rings (SSSR count). The van der Waals surface area contributed by atoms with E-state index in [2.05, 4.69) is 25.6 Å². The van der Waals surface area contributed by atoms with Gasteiger partial charge >= 0.3 is 0 Å². The van der Waals surface area contributed by atoms with Gasteiger partial charge in [0.2, 0.25) is 0 Å². The minimum absolute atomic E-state index is 0.148. The van der Waals surface area contributed by atoms with E-state index in [4.69, 9.17) is 11.6 Å². The van der Waals surface area contributed by atoms with Gasteiger partial charge in [0.05, 0.1) is 16.8 Å². The Balaban J connectivity index is 1.66. The highest BCUT2D eigenvalue weighted by molar-refractivity contribution is 7.98. The van der Waals surface area contributed by atoms with Gasteiger partial charge in [0.25, 0.3) is 5.91 Å². The Hall–Kier alpha value is -2.91. The van der Waals surface area contributed by atoms with Crippen LogP contribution in [0.4, 0.5) is 0 Å². The minimum atomic E-state index is -0.368. The predicted molar refractivity (Wildman–Crippen MR) is 122 cm³/mol. The number of aryl methyl sites for hydroxylation is 2. The first kappa shape index (κ1) is 21.3. The number of nitrogens with zero attached hydrogens (tertiary/aromatic N) is 6. The average molecular weight is 456 g/mol. The van der Waals surface area contributed by atoms with Gasteiger partial charge in [-0.1, -0.05) is 17.7 Å². The standard InChI is InChI=1S/C21H22ClN7OS/c1-13-12-14(2)29(27-13)17-8-7-15(22)19(24-17)21(30)23-16(9-11-31-3)20-26-25-18-6-4-5-10-28(18)20/h4-8,10,12,16H,9,11H2,1-3H3,(H,23,30). The summed E-state index contributed by atoms with van der Waals surface area (Å²) in [7, 11) is 0. The van der Waals surface area contributed by atoms with Gasteiger partial charge in [-0.15, -0.1) is 10.2 Å². The van der Waals surface area contributed by atoms with Crippen LogP contribution >= 0.6 is 23.4 Å². The van der Waals surface area contributed by atoms with Crippen LogP contribution in [0.1, 0.15) is 40.2 Å². The summed E-state index contributed by atoms with van der Waals surface area (Å²) < 4.78 is 3.58. The number of carbonyl (C=O) groups is 1. The molecule has 0 saturated carbocycles. The Kier molecular flexibility index (Phi) is 6.24. The minimum Gasteiger partial charge on any atom is -0.341 e. The zero-order chi connectivity index (χ0) is 22.0. The van der Waals surface area contributed by atoms with E-state index in [-0.39, 0.29) is 22.7 Å². The first-order valence-corrected chi connectivity index (χ1v) is 11.5. The van der Waals surface area contributed by atoms with E-state index in [9.17, 15) is 4.79 Å². The Bertz CT molecular complexity index is 1240. The smallest absolute Gasteiger partial charge is 0.272 e. The highest BCUT2D eigenvalue weighted by Crippen LogP contribution is 2.22.